The molecule has 1 saturated heterocycles. The lowest BCUT2D eigenvalue weighted by Crippen LogP contribution is -2.29. The average Bonchev–Trinajstić information content (AvgIpc) is 2.94. The number of hydrogen-bond acceptors (Lipinski definition) is 3. The number of benzene rings is 1. The maximum atomic E-state index is 12.3. The molecule has 1 atom stereocenters. The number of hydrogen-bond donors (Lipinski definition) is 1. The van der Waals surface area contributed by atoms with Gasteiger partial charge in [0.25, 0.3) is 5.91 Å². The molecule has 1 aliphatic heterocycles. The van der Waals surface area contributed by atoms with E-state index in [0.29, 0.717) is 36.7 Å². The molecule has 5 nitrogen and oxygen atoms in total. The molecule has 1 heterocycles. The van der Waals surface area contributed by atoms with Crippen LogP contribution in [0.1, 0.15) is 56.3 Å². The topological polar surface area (TPSA) is 66.5 Å². The second-order valence-corrected chi connectivity index (χ2v) is 8.43. The number of unbranched alkanes of at least 4 members (excludes halogenated alkanes) is 1. The molecule has 6 heteroatoms. The van der Waals surface area contributed by atoms with Gasteiger partial charge in [-0.1, -0.05) is 33.1 Å². The summed E-state index contributed by atoms with van der Waals surface area (Å²) in [7, 11) is -3.17. The van der Waals surface area contributed by atoms with E-state index in [1.54, 1.807) is 24.3 Å². The van der Waals surface area contributed by atoms with Gasteiger partial charge in [-0.2, -0.15) is 0 Å². The fraction of sp³-hybridized carbons (Fsp3) is 0.611. The van der Waals surface area contributed by atoms with Gasteiger partial charge in [0.2, 0.25) is 10.0 Å². The third kappa shape index (κ3) is 4.72. The smallest absolute Gasteiger partial charge is 0.251 e. The van der Waals surface area contributed by atoms with E-state index < -0.39 is 10.0 Å². The second kappa shape index (κ2) is 8.51. The third-order valence-electron chi connectivity index (χ3n) is 4.61. The number of amides is 1. The van der Waals surface area contributed by atoms with Crippen molar-refractivity contribution in [3.8, 4) is 0 Å². The van der Waals surface area contributed by atoms with Gasteiger partial charge in [-0.3, -0.25) is 9.10 Å². The summed E-state index contributed by atoms with van der Waals surface area (Å²) < 4.78 is 25.3. The Kier molecular flexibility index (Phi) is 6.66. The maximum absolute atomic E-state index is 12.3. The minimum Gasteiger partial charge on any atom is -0.352 e. The Morgan fingerprint density at radius 1 is 1.25 bits per heavy atom. The van der Waals surface area contributed by atoms with Gasteiger partial charge in [0.05, 0.1) is 11.4 Å². The number of carbonyl (C=O) groups is 1. The maximum Gasteiger partial charge on any atom is 0.251 e. The van der Waals surface area contributed by atoms with Crippen LogP contribution in [-0.4, -0.2) is 33.2 Å². The van der Waals surface area contributed by atoms with Crippen LogP contribution in [0, 0.1) is 5.92 Å². The lowest BCUT2D eigenvalue weighted by atomic mass is 9.99. The molecule has 0 saturated carbocycles. The van der Waals surface area contributed by atoms with E-state index in [1.165, 1.54) is 17.1 Å². The molecule has 0 unspecified atom stereocenters. The number of rotatable bonds is 8. The van der Waals surface area contributed by atoms with Crippen molar-refractivity contribution in [1.82, 2.24) is 5.32 Å². The van der Waals surface area contributed by atoms with Gasteiger partial charge in [-0.25, -0.2) is 8.42 Å². The molecular weight excluding hydrogens is 324 g/mol. The Labute approximate surface area is 145 Å². The van der Waals surface area contributed by atoms with Gasteiger partial charge in [-0.15, -0.1) is 0 Å². The van der Waals surface area contributed by atoms with Crippen molar-refractivity contribution in [1.29, 1.82) is 0 Å². The molecule has 1 N–H and O–H groups in total. The molecule has 0 radical (unpaired) electrons. The fourth-order valence-corrected chi connectivity index (χ4v) is 4.56. The van der Waals surface area contributed by atoms with E-state index in [0.717, 1.165) is 12.8 Å². The SMILES string of the molecule is CCCC[C@@H](CC)CNC(=O)c1ccc(N2CCCS2(=O)=O)cc1. The molecule has 1 aliphatic rings. The summed E-state index contributed by atoms with van der Waals surface area (Å²) in [5.41, 5.74) is 1.21. The fourth-order valence-electron chi connectivity index (χ4n) is 2.99. The first-order chi connectivity index (χ1) is 11.5. The van der Waals surface area contributed by atoms with Gasteiger partial charge < -0.3 is 5.32 Å². The Bertz CT molecular complexity index is 641. The molecular formula is C18H28N2O3S. The van der Waals surface area contributed by atoms with E-state index in [1.807, 2.05) is 0 Å². The number of sulfonamides is 1. The Morgan fingerprint density at radius 3 is 2.50 bits per heavy atom. The van der Waals surface area contributed by atoms with Crippen molar-refractivity contribution in [2.24, 2.45) is 5.92 Å². The van der Waals surface area contributed by atoms with Gasteiger partial charge >= 0.3 is 0 Å². The highest BCUT2D eigenvalue weighted by molar-refractivity contribution is 7.93. The predicted molar refractivity (Wildman–Crippen MR) is 97.8 cm³/mol. The zero-order chi connectivity index (χ0) is 17.6. The van der Waals surface area contributed by atoms with Crippen molar-refractivity contribution < 1.29 is 13.2 Å². The highest BCUT2D eigenvalue weighted by atomic mass is 32.2. The van der Waals surface area contributed by atoms with Gasteiger partial charge in [0, 0.05) is 18.7 Å². The first-order valence-electron chi connectivity index (χ1n) is 8.86. The second-order valence-electron chi connectivity index (χ2n) is 6.42. The molecule has 24 heavy (non-hydrogen) atoms. The van der Waals surface area contributed by atoms with E-state index in [-0.39, 0.29) is 11.7 Å². The first kappa shape index (κ1) is 18.8. The first-order valence-corrected chi connectivity index (χ1v) is 10.5. The van der Waals surface area contributed by atoms with Crippen LogP contribution in [0.4, 0.5) is 5.69 Å². The average molecular weight is 353 g/mol. The molecule has 0 aromatic heterocycles. The highest BCUT2D eigenvalue weighted by Gasteiger charge is 2.28. The summed E-state index contributed by atoms with van der Waals surface area (Å²) in [5.74, 6) is 0.620. The lowest BCUT2D eigenvalue weighted by Gasteiger charge is -2.17. The van der Waals surface area contributed by atoms with Gasteiger partial charge in [-0.05, 0) is 43.0 Å². The van der Waals surface area contributed by atoms with Crippen LogP contribution in [0.3, 0.4) is 0 Å². The Hall–Kier alpha value is -1.56. The van der Waals surface area contributed by atoms with Gasteiger partial charge in [0.15, 0.2) is 0 Å². The Balaban J connectivity index is 1.94. The normalized spacial score (nSPS) is 17.7. The molecule has 0 bridgehead atoms. The predicted octanol–water partition coefficient (Wildman–Crippen LogP) is 3.17. The van der Waals surface area contributed by atoms with Crippen LogP contribution in [0.2, 0.25) is 0 Å². The number of nitrogens with one attached hydrogen (secondary N) is 1. The monoisotopic (exact) mass is 352 g/mol. The zero-order valence-corrected chi connectivity index (χ0v) is 15.4. The van der Waals surface area contributed by atoms with E-state index in [2.05, 4.69) is 19.2 Å². The van der Waals surface area contributed by atoms with Crippen molar-refractivity contribution in [2.45, 2.75) is 46.0 Å². The molecule has 134 valence electrons. The lowest BCUT2D eigenvalue weighted by molar-refractivity contribution is 0.0946. The van der Waals surface area contributed by atoms with Crippen molar-refractivity contribution >= 4 is 21.6 Å². The number of carbonyl (C=O) groups excluding carboxylic acids is 1. The number of anilines is 1. The van der Waals surface area contributed by atoms with Crippen molar-refractivity contribution in [2.75, 3.05) is 23.1 Å². The molecule has 1 amide bonds. The quantitative estimate of drug-likeness (QED) is 0.781. The van der Waals surface area contributed by atoms with Crippen LogP contribution in [0.5, 0.6) is 0 Å². The minimum absolute atomic E-state index is 0.0965. The summed E-state index contributed by atoms with van der Waals surface area (Å²) in [5, 5.41) is 2.99. The van der Waals surface area contributed by atoms with E-state index in [9.17, 15) is 13.2 Å². The Morgan fingerprint density at radius 2 is 1.96 bits per heavy atom. The molecule has 0 aliphatic carbocycles. The summed E-state index contributed by atoms with van der Waals surface area (Å²) in [6.45, 7) is 5.53. The molecule has 0 spiro atoms. The van der Waals surface area contributed by atoms with Crippen LogP contribution in [-0.2, 0) is 10.0 Å². The molecule has 1 aromatic rings. The van der Waals surface area contributed by atoms with Crippen molar-refractivity contribution in [3.05, 3.63) is 29.8 Å². The summed E-state index contributed by atoms with van der Waals surface area (Å²) >= 11 is 0. The largest absolute Gasteiger partial charge is 0.352 e. The zero-order valence-electron chi connectivity index (χ0n) is 14.6. The van der Waals surface area contributed by atoms with Crippen LogP contribution in [0.15, 0.2) is 24.3 Å². The van der Waals surface area contributed by atoms with Crippen LogP contribution in [0.25, 0.3) is 0 Å². The highest BCUT2D eigenvalue weighted by Crippen LogP contribution is 2.24. The van der Waals surface area contributed by atoms with Crippen molar-refractivity contribution in [3.63, 3.8) is 0 Å². The van der Waals surface area contributed by atoms with E-state index in [4.69, 9.17) is 0 Å². The van der Waals surface area contributed by atoms with Crippen LogP contribution < -0.4 is 9.62 Å². The van der Waals surface area contributed by atoms with Gasteiger partial charge in [0.1, 0.15) is 0 Å². The molecule has 2 rings (SSSR count). The number of nitrogens with zero attached hydrogens (tertiary/aromatic N) is 1. The van der Waals surface area contributed by atoms with Crippen LogP contribution >= 0.6 is 0 Å². The summed E-state index contributed by atoms with van der Waals surface area (Å²) in [4.78, 5) is 12.3. The minimum atomic E-state index is -3.17. The summed E-state index contributed by atoms with van der Waals surface area (Å²) in [6.07, 6.45) is 5.21. The standard InChI is InChI=1S/C18H28N2O3S/c1-3-5-7-15(4-2)14-19-18(21)16-8-10-17(11-9-16)20-12-6-13-24(20,22)23/h8-11,15H,3-7,12-14H2,1-2H3,(H,19,21)/t15-/m1/s1. The van der Waals surface area contributed by atoms with E-state index >= 15 is 0 Å². The third-order valence-corrected chi connectivity index (χ3v) is 6.48. The summed E-state index contributed by atoms with van der Waals surface area (Å²) in [6, 6.07) is 6.83. The molecule has 1 aromatic carbocycles. The molecule has 1 fully saturated rings.